The molecule has 0 aliphatic carbocycles. The van der Waals surface area contributed by atoms with Crippen LogP contribution in [0.2, 0.25) is 0 Å². The number of aliphatic carboxylic acids is 1. The van der Waals surface area contributed by atoms with Gasteiger partial charge in [0, 0.05) is 38.4 Å². The van der Waals surface area contributed by atoms with Gasteiger partial charge in [-0.2, -0.15) is 0 Å². The summed E-state index contributed by atoms with van der Waals surface area (Å²) in [4.78, 5) is 35.5. The van der Waals surface area contributed by atoms with Crippen LogP contribution >= 0.6 is 0 Å². The van der Waals surface area contributed by atoms with Crippen LogP contribution in [0.5, 0.6) is 0 Å². The first kappa shape index (κ1) is 16.2. The fourth-order valence-electron chi connectivity index (χ4n) is 2.50. The molecule has 2 rings (SSSR count). The number of hydrogen-bond donors (Lipinski definition) is 1. The lowest BCUT2D eigenvalue weighted by atomic mass is 9.93. The maximum atomic E-state index is 12.5. The van der Waals surface area contributed by atoms with E-state index in [0.717, 1.165) is 18.9 Å². The largest absolute Gasteiger partial charge is 0.480 e. The van der Waals surface area contributed by atoms with Gasteiger partial charge < -0.3 is 14.9 Å². The van der Waals surface area contributed by atoms with E-state index in [1.54, 1.807) is 39.5 Å². The molecule has 120 valence electrons. The Morgan fingerprint density at radius 2 is 1.95 bits per heavy atom. The molecule has 1 fully saturated rings. The van der Waals surface area contributed by atoms with E-state index >= 15 is 0 Å². The van der Waals surface area contributed by atoms with Gasteiger partial charge in [0.1, 0.15) is 11.4 Å². The third-order valence-corrected chi connectivity index (χ3v) is 4.41. The lowest BCUT2D eigenvalue weighted by Crippen LogP contribution is -2.53. The predicted molar refractivity (Wildman–Crippen MR) is 81.5 cm³/mol. The number of hydrogen-bond acceptors (Lipinski definition) is 5. The molecule has 1 saturated heterocycles. The highest BCUT2D eigenvalue weighted by Crippen LogP contribution is 2.25. The topological polar surface area (TPSA) is 86.6 Å². The minimum atomic E-state index is -1.20. The van der Waals surface area contributed by atoms with Crippen LogP contribution in [0, 0.1) is 5.92 Å². The van der Waals surface area contributed by atoms with Crippen molar-refractivity contribution in [2.75, 3.05) is 25.0 Å². The molecule has 0 aromatic carbocycles. The summed E-state index contributed by atoms with van der Waals surface area (Å²) >= 11 is 0. The van der Waals surface area contributed by atoms with Gasteiger partial charge in [0.15, 0.2) is 0 Å². The standard InChI is InChI=1S/C15H22N4O3/c1-15(2,14(21)22)18(3)13(20)11-4-8-19(9-5-11)12-10-16-6-7-17-12/h6-7,10-11H,4-5,8-9H2,1-3H3,(H,21,22). The monoisotopic (exact) mass is 306 g/mol. The number of carbonyl (C=O) groups is 2. The fraction of sp³-hybridized carbons (Fsp3) is 0.600. The van der Waals surface area contributed by atoms with Crippen LogP contribution in [0.3, 0.4) is 0 Å². The Morgan fingerprint density at radius 1 is 1.32 bits per heavy atom. The summed E-state index contributed by atoms with van der Waals surface area (Å²) < 4.78 is 0. The fourth-order valence-corrected chi connectivity index (χ4v) is 2.50. The summed E-state index contributed by atoms with van der Waals surface area (Å²) in [6.07, 6.45) is 6.37. The molecule has 1 amide bonds. The average molecular weight is 306 g/mol. The molecule has 0 unspecified atom stereocenters. The highest BCUT2D eigenvalue weighted by molar-refractivity contribution is 5.87. The van der Waals surface area contributed by atoms with Crippen LogP contribution in [0.15, 0.2) is 18.6 Å². The number of rotatable bonds is 4. The number of amides is 1. The van der Waals surface area contributed by atoms with Crippen LogP contribution in [-0.4, -0.2) is 57.5 Å². The highest BCUT2D eigenvalue weighted by atomic mass is 16.4. The molecular formula is C15H22N4O3. The first-order chi connectivity index (χ1) is 10.3. The Kier molecular flexibility index (Phi) is 4.63. The molecule has 0 atom stereocenters. The van der Waals surface area contributed by atoms with Gasteiger partial charge in [-0.05, 0) is 26.7 Å². The van der Waals surface area contributed by atoms with Crippen LogP contribution in [0.1, 0.15) is 26.7 Å². The van der Waals surface area contributed by atoms with Gasteiger partial charge in [-0.3, -0.25) is 9.78 Å². The summed E-state index contributed by atoms with van der Waals surface area (Å²) in [5.74, 6) is -0.435. The molecule has 0 radical (unpaired) electrons. The minimum Gasteiger partial charge on any atom is -0.480 e. The average Bonchev–Trinajstić information content (AvgIpc) is 2.54. The number of piperidine rings is 1. The van der Waals surface area contributed by atoms with Gasteiger partial charge in [-0.15, -0.1) is 0 Å². The van der Waals surface area contributed by atoms with Crippen molar-refractivity contribution in [1.82, 2.24) is 14.9 Å². The number of carboxylic acid groups (broad SMARTS) is 1. The van der Waals surface area contributed by atoms with Gasteiger partial charge in [0.05, 0.1) is 6.20 Å². The van der Waals surface area contributed by atoms with Crippen LogP contribution < -0.4 is 4.90 Å². The molecular weight excluding hydrogens is 284 g/mol. The smallest absolute Gasteiger partial charge is 0.329 e. The third-order valence-electron chi connectivity index (χ3n) is 4.41. The van der Waals surface area contributed by atoms with Crippen molar-refractivity contribution in [1.29, 1.82) is 0 Å². The molecule has 1 N–H and O–H groups in total. The zero-order chi connectivity index (χ0) is 16.3. The lowest BCUT2D eigenvalue weighted by Gasteiger charge is -2.37. The number of anilines is 1. The number of aromatic nitrogens is 2. The maximum Gasteiger partial charge on any atom is 0.329 e. The minimum absolute atomic E-state index is 0.105. The number of nitrogens with zero attached hydrogens (tertiary/aromatic N) is 4. The van der Waals surface area contributed by atoms with Crippen LogP contribution in [0.25, 0.3) is 0 Å². The van der Waals surface area contributed by atoms with Crippen molar-refractivity contribution >= 4 is 17.7 Å². The molecule has 1 aliphatic rings. The van der Waals surface area contributed by atoms with Gasteiger partial charge in [0.25, 0.3) is 0 Å². The van der Waals surface area contributed by atoms with E-state index in [9.17, 15) is 14.7 Å². The molecule has 22 heavy (non-hydrogen) atoms. The summed E-state index contributed by atoms with van der Waals surface area (Å²) in [5.41, 5.74) is -1.20. The molecule has 2 heterocycles. The second-order valence-corrected chi connectivity index (χ2v) is 6.09. The van der Waals surface area contributed by atoms with Gasteiger partial charge >= 0.3 is 5.97 Å². The molecule has 0 saturated carbocycles. The van der Waals surface area contributed by atoms with Crippen molar-refractivity contribution in [3.63, 3.8) is 0 Å². The Bertz CT molecular complexity index is 539. The van der Waals surface area contributed by atoms with E-state index in [2.05, 4.69) is 14.9 Å². The summed E-state index contributed by atoms with van der Waals surface area (Å²) in [5, 5.41) is 9.23. The summed E-state index contributed by atoms with van der Waals surface area (Å²) in [6, 6.07) is 0. The second kappa shape index (κ2) is 6.29. The summed E-state index contributed by atoms with van der Waals surface area (Å²) in [7, 11) is 1.56. The van der Waals surface area contributed by atoms with E-state index < -0.39 is 11.5 Å². The first-order valence-corrected chi connectivity index (χ1v) is 7.36. The van der Waals surface area contributed by atoms with E-state index in [0.29, 0.717) is 12.8 Å². The van der Waals surface area contributed by atoms with Gasteiger partial charge in [-0.25, -0.2) is 9.78 Å². The molecule has 0 spiro atoms. The predicted octanol–water partition coefficient (Wildman–Crippen LogP) is 1.01. The van der Waals surface area contributed by atoms with Crippen molar-refractivity contribution in [2.45, 2.75) is 32.2 Å². The quantitative estimate of drug-likeness (QED) is 0.893. The molecule has 7 heteroatoms. The zero-order valence-corrected chi connectivity index (χ0v) is 13.2. The van der Waals surface area contributed by atoms with Gasteiger partial charge in [-0.1, -0.05) is 0 Å². The molecule has 1 aromatic rings. The van der Waals surface area contributed by atoms with E-state index in [1.807, 2.05) is 0 Å². The van der Waals surface area contributed by atoms with E-state index in [4.69, 9.17) is 0 Å². The van der Waals surface area contributed by atoms with Crippen LogP contribution in [0.4, 0.5) is 5.82 Å². The maximum absolute atomic E-state index is 12.5. The molecule has 7 nitrogen and oxygen atoms in total. The molecule has 1 aromatic heterocycles. The van der Waals surface area contributed by atoms with Crippen molar-refractivity contribution in [2.24, 2.45) is 5.92 Å². The molecule has 0 bridgehead atoms. The van der Waals surface area contributed by atoms with Crippen molar-refractivity contribution < 1.29 is 14.7 Å². The lowest BCUT2D eigenvalue weighted by molar-refractivity contribution is -0.157. The molecule has 1 aliphatic heterocycles. The van der Waals surface area contributed by atoms with Gasteiger partial charge in [0.2, 0.25) is 5.91 Å². The zero-order valence-electron chi connectivity index (χ0n) is 13.2. The van der Waals surface area contributed by atoms with Crippen molar-refractivity contribution in [3.8, 4) is 0 Å². The first-order valence-electron chi connectivity index (χ1n) is 7.36. The Morgan fingerprint density at radius 3 is 2.45 bits per heavy atom. The number of carbonyl (C=O) groups excluding carboxylic acids is 1. The normalized spacial score (nSPS) is 16.4. The highest BCUT2D eigenvalue weighted by Gasteiger charge is 2.38. The third kappa shape index (κ3) is 3.18. The Labute approximate surface area is 130 Å². The number of likely N-dealkylation sites (N-methyl/N-ethyl adjacent to an activating group) is 1. The SMILES string of the molecule is CN(C(=O)C1CCN(c2cnccn2)CC1)C(C)(C)C(=O)O. The number of carboxylic acids is 1. The van der Waals surface area contributed by atoms with E-state index in [1.165, 1.54) is 4.90 Å². The van der Waals surface area contributed by atoms with Crippen molar-refractivity contribution in [3.05, 3.63) is 18.6 Å². The Hall–Kier alpha value is -2.18. The second-order valence-electron chi connectivity index (χ2n) is 6.09. The van der Waals surface area contributed by atoms with Crippen LogP contribution in [-0.2, 0) is 9.59 Å². The van der Waals surface area contributed by atoms with E-state index in [-0.39, 0.29) is 11.8 Å². The summed E-state index contributed by atoms with van der Waals surface area (Å²) in [6.45, 7) is 4.52. The Balaban J connectivity index is 1.97.